The van der Waals surface area contributed by atoms with Gasteiger partial charge in [-0.15, -0.1) is 0 Å². The van der Waals surface area contributed by atoms with Crippen LogP contribution in [-0.2, 0) is 4.74 Å². The molecule has 10 heavy (non-hydrogen) atoms. The number of aliphatic hydroxyl groups is 1. The van der Waals surface area contributed by atoms with Crippen LogP contribution in [0.5, 0.6) is 0 Å². The minimum atomic E-state index is -0.582. The second-order valence-electron chi connectivity index (χ2n) is 2.06. The van der Waals surface area contributed by atoms with Crippen molar-refractivity contribution in [2.75, 3.05) is 6.61 Å². The van der Waals surface area contributed by atoms with Gasteiger partial charge < -0.3 is 9.84 Å². The third-order valence-electron chi connectivity index (χ3n) is 1.18. The highest BCUT2D eigenvalue weighted by Gasteiger charge is 1.98. The molecule has 2 heteroatoms. The van der Waals surface area contributed by atoms with Crippen molar-refractivity contribution in [1.82, 2.24) is 0 Å². The first-order chi connectivity index (χ1) is 4.81. The fourth-order valence-electron chi connectivity index (χ4n) is 0.681. The Balaban J connectivity index is 3.12. The van der Waals surface area contributed by atoms with Gasteiger partial charge in [0.05, 0.1) is 0 Å². The van der Waals surface area contributed by atoms with Crippen LogP contribution < -0.4 is 0 Å². The van der Waals surface area contributed by atoms with E-state index < -0.39 is 6.29 Å². The van der Waals surface area contributed by atoms with Gasteiger partial charge in [0.1, 0.15) is 0 Å². The van der Waals surface area contributed by atoms with Crippen LogP contribution in [0.2, 0.25) is 0 Å². The molecule has 0 rings (SSSR count). The Morgan fingerprint density at radius 1 is 1.60 bits per heavy atom. The van der Waals surface area contributed by atoms with E-state index >= 15 is 0 Å². The van der Waals surface area contributed by atoms with Gasteiger partial charge in [0, 0.05) is 13.0 Å². The SMILES string of the molecule is C/C=C/CCC(O)OCC. The van der Waals surface area contributed by atoms with Crippen LogP contribution in [0.15, 0.2) is 12.2 Å². The van der Waals surface area contributed by atoms with Crippen molar-refractivity contribution in [3.63, 3.8) is 0 Å². The molecule has 60 valence electrons. The van der Waals surface area contributed by atoms with E-state index in [1.165, 1.54) is 0 Å². The number of ether oxygens (including phenoxy) is 1. The molecule has 0 amide bonds. The summed E-state index contributed by atoms with van der Waals surface area (Å²) < 4.78 is 4.91. The van der Waals surface area contributed by atoms with Gasteiger partial charge in [-0.2, -0.15) is 0 Å². The number of rotatable bonds is 5. The lowest BCUT2D eigenvalue weighted by molar-refractivity contribution is -0.0976. The average molecular weight is 144 g/mol. The molecule has 0 spiro atoms. The van der Waals surface area contributed by atoms with Gasteiger partial charge in [0.25, 0.3) is 0 Å². The minimum absolute atomic E-state index is 0.580. The minimum Gasteiger partial charge on any atom is -0.368 e. The van der Waals surface area contributed by atoms with Gasteiger partial charge in [-0.05, 0) is 20.3 Å². The van der Waals surface area contributed by atoms with Crippen molar-refractivity contribution in [1.29, 1.82) is 0 Å². The van der Waals surface area contributed by atoms with E-state index in [-0.39, 0.29) is 0 Å². The first-order valence-electron chi connectivity index (χ1n) is 3.72. The van der Waals surface area contributed by atoms with Gasteiger partial charge in [0.15, 0.2) is 6.29 Å². The van der Waals surface area contributed by atoms with Gasteiger partial charge in [0.2, 0.25) is 0 Å². The first-order valence-corrected chi connectivity index (χ1v) is 3.72. The van der Waals surface area contributed by atoms with Crippen molar-refractivity contribution in [2.24, 2.45) is 0 Å². The molecule has 0 bridgehead atoms. The number of aliphatic hydroxyl groups excluding tert-OH is 1. The molecule has 0 aromatic carbocycles. The van der Waals surface area contributed by atoms with Crippen LogP contribution in [-0.4, -0.2) is 18.0 Å². The summed E-state index contributed by atoms with van der Waals surface area (Å²) in [6, 6.07) is 0. The van der Waals surface area contributed by atoms with Gasteiger partial charge in [-0.1, -0.05) is 12.2 Å². The summed E-state index contributed by atoms with van der Waals surface area (Å²) >= 11 is 0. The van der Waals surface area contributed by atoms with Crippen molar-refractivity contribution >= 4 is 0 Å². The van der Waals surface area contributed by atoms with Crippen LogP contribution in [0.3, 0.4) is 0 Å². The Bertz CT molecular complexity index is 89.3. The molecular weight excluding hydrogens is 128 g/mol. The number of hydrogen-bond donors (Lipinski definition) is 1. The molecule has 0 radical (unpaired) electrons. The Morgan fingerprint density at radius 3 is 2.80 bits per heavy atom. The molecule has 0 fully saturated rings. The Labute approximate surface area is 62.5 Å². The summed E-state index contributed by atoms with van der Waals surface area (Å²) in [5.74, 6) is 0. The molecule has 2 nitrogen and oxygen atoms in total. The fourth-order valence-corrected chi connectivity index (χ4v) is 0.681. The highest BCUT2D eigenvalue weighted by molar-refractivity contribution is 4.76. The molecule has 0 aliphatic rings. The molecule has 0 aliphatic carbocycles. The Hall–Kier alpha value is -0.340. The van der Waals surface area contributed by atoms with Crippen LogP contribution in [0.25, 0.3) is 0 Å². The summed E-state index contributed by atoms with van der Waals surface area (Å²) in [5, 5.41) is 9.02. The zero-order chi connectivity index (χ0) is 7.82. The van der Waals surface area contributed by atoms with E-state index in [0.717, 1.165) is 6.42 Å². The lowest BCUT2D eigenvalue weighted by Crippen LogP contribution is -2.10. The lowest BCUT2D eigenvalue weighted by atomic mass is 10.3. The summed E-state index contributed by atoms with van der Waals surface area (Å²) in [5.41, 5.74) is 0. The van der Waals surface area contributed by atoms with E-state index in [9.17, 15) is 0 Å². The third-order valence-corrected chi connectivity index (χ3v) is 1.18. The molecule has 0 aromatic rings. The van der Waals surface area contributed by atoms with Crippen LogP contribution in [0.4, 0.5) is 0 Å². The zero-order valence-electron chi connectivity index (χ0n) is 6.71. The van der Waals surface area contributed by atoms with Crippen molar-refractivity contribution in [3.8, 4) is 0 Å². The highest BCUT2D eigenvalue weighted by atomic mass is 16.6. The molecule has 0 heterocycles. The largest absolute Gasteiger partial charge is 0.368 e. The number of allylic oxidation sites excluding steroid dienone is 2. The maximum absolute atomic E-state index is 9.02. The molecular formula is C8H16O2. The van der Waals surface area contributed by atoms with Crippen LogP contribution in [0, 0.1) is 0 Å². The molecule has 0 aromatic heterocycles. The Kier molecular flexibility index (Phi) is 6.55. The standard InChI is InChI=1S/C8H16O2/c1-3-5-6-7-8(9)10-4-2/h3,5,8-9H,4,6-7H2,1-2H3/b5-3+. The summed E-state index contributed by atoms with van der Waals surface area (Å²) in [4.78, 5) is 0. The van der Waals surface area contributed by atoms with Gasteiger partial charge in [-0.3, -0.25) is 0 Å². The van der Waals surface area contributed by atoms with Crippen molar-refractivity contribution in [2.45, 2.75) is 33.0 Å². The maximum atomic E-state index is 9.02. The number of hydrogen-bond acceptors (Lipinski definition) is 2. The third kappa shape index (κ3) is 5.79. The summed E-state index contributed by atoms with van der Waals surface area (Å²) in [6.07, 6.45) is 4.98. The predicted octanol–water partition coefficient (Wildman–Crippen LogP) is 1.70. The second-order valence-corrected chi connectivity index (χ2v) is 2.06. The van der Waals surface area contributed by atoms with Gasteiger partial charge in [-0.25, -0.2) is 0 Å². The summed E-state index contributed by atoms with van der Waals surface area (Å²) in [7, 11) is 0. The average Bonchev–Trinajstić information content (AvgIpc) is 1.89. The van der Waals surface area contributed by atoms with E-state index in [1.807, 2.05) is 26.0 Å². The normalized spacial score (nSPS) is 14.3. The fraction of sp³-hybridized carbons (Fsp3) is 0.750. The highest BCUT2D eigenvalue weighted by Crippen LogP contribution is 1.98. The zero-order valence-corrected chi connectivity index (χ0v) is 6.71. The maximum Gasteiger partial charge on any atom is 0.154 e. The molecule has 0 aliphatic heterocycles. The van der Waals surface area contributed by atoms with E-state index in [2.05, 4.69) is 0 Å². The molecule has 0 saturated carbocycles. The van der Waals surface area contributed by atoms with Crippen molar-refractivity contribution < 1.29 is 9.84 Å². The topological polar surface area (TPSA) is 29.5 Å². The second kappa shape index (κ2) is 6.78. The van der Waals surface area contributed by atoms with Gasteiger partial charge >= 0.3 is 0 Å². The van der Waals surface area contributed by atoms with Crippen molar-refractivity contribution in [3.05, 3.63) is 12.2 Å². The lowest BCUT2D eigenvalue weighted by Gasteiger charge is -2.07. The monoisotopic (exact) mass is 144 g/mol. The molecule has 1 N–H and O–H groups in total. The van der Waals surface area contributed by atoms with Crippen LogP contribution in [0.1, 0.15) is 26.7 Å². The van der Waals surface area contributed by atoms with Crippen LogP contribution >= 0.6 is 0 Å². The quantitative estimate of drug-likeness (QED) is 0.470. The Morgan fingerprint density at radius 2 is 2.30 bits per heavy atom. The summed E-state index contributed by atoms with van der Waals surface area (Å²) in [6.45, 7) is 4.42. The molecule has 0 saturated heterocycles. The first kappa shape index (κ1) is 9.66. The smallest absolute Gasteiger partial charge is 0.154 e. The van der Waals surface area contributed by atoms with E-state index in [1.54, 1.807) is 0 Å². The predicted molar refractivity (Wildman–Crippen MR) is 41.7 cm³/mol. The molecule has 1 atom stereocenters. The van der Waals surface area contributed by atoms with E-state index in [4.69, 9.17) is 9.84 Å². The molecule has 1 unspecified atom stereocenters. The van der Waals surface area contributed by atoms with E-state index in [0.29, 0.717) is 13.0 Å².